The molecule has 1 saturated heterocycles. The van der Waals surface area contributed by atoms with Gasteiger partial charge in [0, 0.05) is 5.56 Å². The molecule has 10 atom stereocenters. The van der Waals surface area contributed by atoms with E-state index in [9.17, 15) is 29.1 Å². The summed E-state index contributed by atoms with van der Waals surface area (Å²) in [6, 6.07) is 1.11. The predicted molar refractivity (Wildman–Crippen MR) is 229 cm³/mol. The number of aliphatic hydroxyl groups is 1. The summed E-state index contributed by atoms with van der Waals surface area (Å²) in [5, 5.41) is 24.1. The number of carbonyl (C=O) groups is 5. The number of aliphatic hydroxyl groups excluding tert-OH is 1. The highest BCUT2D eigenvalue weighted by atomic mass is 16.7. The van der Waals surface area contributed by atoms with E-state index in [1.54, 1.807) is 6.07 Å². The van der Waals surface area contributed by atoms with E-state index in [1.807, 2.05) is 32.9 Å². The highest BCUT2D eigenvalue weighted by Gasteiger charge is 2.68. The van der Waals surface area contributed by atoms with Gasteiger partial charge in [-0.15, -0.1) is 0 Å². The molecular formula is C44H73BN6O8. The van der Waals surface area contributed by atoms with Crippen LogP contribution < -0.4 is 32.3 Å². The molecule has 5 amide bonds. The summed E-state index contributed by atoms with van der Waals surface area (Å²) in [6.45, 7) is 17.3. The summed E-state index contributed by atoms with van der Waals surface area (Å²) in [5.41, 5.74) is 7.92. The lowest BCUT2D eigenvalue weighted by atomic mass is 9.43. The van der Waals surface area contributed by atoms with Gasteiger partial charge in [0.05, 0.1) is 23.8 Å². The molecule has 4 aliphatic rings. The van der Waals surface area contributed by atoms with Crippen LogP contribution in [0.4, 0.5) is 0 Å². The van der Waals surface area contributed by atoms with Crippen LogP contribution in [0.2, 0.25) is 0 Å². The zero-order valence-electron chi connectivity index (χ0n) is 37.1. The molecule has 1 aromatic rings. The van der Waals surface area contributed by atoms with Gasteiger partial charge in [-0.3, -0.25) is 24.0 Å². The first-order valence-corrected chi connectivity index (χ1v) is 22.2. The Morgan fingerprint density at radius 1 is 0.831 bits per heavy atom. The number of nitrogens with two attached hydrogens (primary N) is 1. The molecule has 4 fully saturated rings. The van der Waals surface area contributed by atoms with Gasteiger partial charge in [0.25, 0.3) is 5.91 Å². The molecule has 15 heteroatoms. The van der Waals surface area contributed by atoms with Gasteiger partial charge >= 0.3 is 7.12 Å². The fourth-order valence-corrected chi connectivity index (χ4v) is 9.31. The Balaban J connectivity index is 1.29. The highest BCUT2D eigenvalue weighted by Crippen LogP contribution is 2.65. The van der Waals surface area contributed by atoms with E-state index in [1.165, 1.54) is 46.0 Å². The van der Waals surface area contributed by atoms with Crippen molar-refractivity contribution in [3.8, 4) is 0 Å². The second kappa shape index (κ2) is 21.3. The molecule has 2 bridgehead atoms. The number of benzene rings is 1. The van der Waals surface area contributed by atoms with Gasteiger partial charge in [0.1, 0.15) is 24.2 Å². The van der Waals surface area contributed by atoms with Crippen LogP contribution in [0.15, 0.2) is 18.2 Å². The summed E-state index contributed by atoms with van der Waals surface area (Å²) in [6.07, 6.45) is 9.78. The van der Waals surface area contributed by atoms with Crippen molar-refractivity contribution < 1.29 is 38.4 Å². The zero-order chi connectivity index (χ0) is 43.7. The summed E-state index contributed by atoms with van der Waals surface area (Å²) in [7, 11) is -0.624. The van der Waals surface area contributed by atoms with E-state index in [0.717, 1.165) is 36.8 Å². The minimum atomic E-state index is -1.46. The number of nitrogens with one attached hydrogen (secondary N) is 5. The Hall–Kier alpha value is -3.53. The maximum Gasteiger partial charge on any atom is 0.481 e. The molecule has 59 heavy (non-hydrogen) atoms. The van der Waals surface area contributed by atoms with Crippen LogP contribution >= 0.6 is 0 Å². The first-order valence-electron chi connectivity index (χ1n) is 22.2. The third-order valence-corrected chi connectivity index (χ3v) is 13.2. The summed E-state index contributed by atoms with van der Waals surface area (Å²) >= 11 is 0. The Morgan fingerprint density at radius 3 is 2.12 bits per heavy atom. The topological polar surface area (TPSA) is 210 Å². The van der Waals surface area contributed by atoms with E-state index in [-0.39, 0.29) is 24.5 Å². The maximum atomic E-state index is 13.5. The SMILES string of the molecule is CCCCCCCCc1ccc(C(=O)NC(CCN)C(=O)NC(C(=O)NC(C)C(=O)NC(CCC)C(=O)NC(C)B2OC3CC4CC(C4(C)C)C3(C)O2)C(C)O)c(C)c1. The van der Waals surface area contributed by atoms with E-state index in [4.69, 9.17) is 15.0 Å². The molecule has 5 rings (SSSR count). The first kappa shape index (κ1) is 48.1. The number of hydrogen-bond acceptors (Lipinski definition) is 9. The minimum absolute atomic E-state index is 0.0358. The van der Waals surface area contributed by atoms with Gasteiger partial charge in [0.2, 0.25) is 23.6 Å². The van der Waals surface area contributed by atoms with Crippen molar-refractivity contribution in [1.82, 2.24) is 26.6 Å². The van der Waals surface area contributed by atoms with Gasteiger partial charge in [0.15, 0.2) is 0 Å². The van der Waals surface area contributed by atoms with E-state index in [0.29, 0.717) is 30.2 Å². The Bertz CT molecular complexity index is 1630. The van der Waals surface area contributed by atoms with Gasteiger partial charge in [-0.2, -0.15) is 0 Å². The van der Waals surface area contributed by atoms with E-state index < -0.39 is 78.5 Å². The molecule has 10 unspecified atom stereocenters. The van der Waals surface area contributed by atoms with E-state index in [2.05, 4.69) is 54.3 Å². The number of hydrogen-bond donors (Lipinski definition) is 7. The first-order chi connectivity index (χ1) is 27.9. The summed E-state index contributed by atoms with van der Waals surface area (Å²) < 4.78 is 12.9. The predicted octanol–water partition coefficient (Wildman–Crippen LogP) is 3.77. The molecule has 1 aliphatic heterocycles. The number of rotatable bonds is 23. The van der Waals surface area contributed by atoms with Crippen molar-refractivity contribution >= 4 is 36.7 Å². The van der Waals surface area contributed by atoms with Crippen molar-refractivity contribution in [3.63, 3.8) is 0 Å². The Kier molecular flexibility index (Phi) is 17.4. The van der Waals surface area contributed by atoms with Crippen molar-refractivity contribution in [2.75, 3.05) is 6.54 Å². The Labute approximate surface area is 352 Å². The van der Waals surface area contributed by atoms with Crippen LogP contribution in [-0.2, 0) is 34.9 Å². The molecule has 3 aliphatic carbocycles. The monoisotopic (exact) mass is 825 g/mol. The molecule has 3 saturated carbocycles. The summed E-state index contributed by atoms with van der Waals surface area (Å²) in [4.78, 5) is 67.2. The van der Waals surface area contributed by atoms with Crippen molar-refractivity contribution in [3.05, 3.63) is 34.9 Å². The molecular weight excluding hydrogens is 751 g/mol. The van der Waals surface area contributed by atoms with Crippen molar-refractivity contribution in [2.45, 2.75) is 187 Å². The molecule has 0 spiro atoms. The zero-order valence-corrected chi connectivity index (χ0v) is 37.1. The molecule has 8 N–H and O–H groups in total. The maximum absolute atomic E-state index is 13.5. The van der Waals surface area contributed by atoms with Crippen LogP contribution in [-0.4, -0.2) is 96.2 Å². The lowest BCUT2D eigenvalue weighted by Crippen LogP contribution is -2.65. The number of amides is 5. The van der Waals surface area contributed by atoms with Gasteiger partial charge in [-0.1, -0.05) is 78.4 Å². The fraction of sp³-hybridized carbons (Fsp3) is 0.750. The molecule has 0 aromatic heterocycles. The van der Waals surface area contributed by atoms with Crippen molar-refractivity contribution in [1.29, 1.82) is 0 Å². The van der Waals surface area contributed by atoms with Gasteiger partial charge in [-0.25, -0.2) is 0 Å². The number of aryl methyl sites for hydroxylation is 2. The van der Waals surface area contributed by atoms with Gasteiger partial charge in [-0.05, 0) is 114 Å². The fourth-order valence-electron chi connectivity index (χ4n) is 9.31. The standard InChI is InChI=1S/C44H73BN6O8/c1-10-12-13-14-15-16-18-30-19-20-32(26(3)23-30)39(54)50-34(21-22-46)41(56)51-37(28(5)52)42(57)47-27(4)38(53)49-33(17-11-2)40(55)48-29(6)45-58-36-25-31-24-35(43(31,7)8)44(36,9)59-45/h19-20,23,27-29,31,33-37,52H,10-18,21-22,24-25,46H2,1-9H3,(H,47,57)(H,48,55)(H,49,53)(H,50,54)(H,51,56). The molecule has 1 heterocycles. The normalized spacial score (nSPS) is 24.6. The third-order valence-electron chi connectivity index (χ3n) is 13.2. The van der Waals surface area contributed by atoms with Crippen LogP contribution in [0.5, 0.6) is 0 Å². The van der Waals surface area contributed by atoms with Crippen LogP contribution in [0.3, 0.4) is 0 Å². The van der Waals surface area contributed by atoms with E-state index >= 15 is 0 Å². The molecule has 14 nitrogen and oxygen atoms in total. The molecule has 0 radical (unpaired) electrons. The average Bonchev–Trinajstić information content (AvgIpc) is 3.55. The molecule has 1 aromatic carbocycles. The average molecular weight is 825 g/mol. The quantitative estimate of drug-likeness (QED) is 0.0632. The van der Waals surface area contributed by atoms with Crippen LogP contribution in [0, 0.1) is 24.2 Å². The molecule has 330 valence electrons. The minimum Gasteiger partial charge on any atom is -0.404 e. The largest absolute Gasteiger partial charge is 0.481 e. The third kappa shape index (κ3) is 11.9. The second-order valence-electron chi connectivity index (χ2n) is 18.2. The Morgan fingerprint density at radius 2 is 1.49 bits per heavy atom. The van der Waals surface area contributed by atoms with Crippen LogP contribution in [0.25, 0.3) is 0 Å². The summed E-state index contributed by atoms with van der Waals surface area (Å²) in [5.74, 6) is -2.51. The highest BCUT2D eigenvalue weighted by molar-refractivity contribution is 6.47. The smallest absolute Gasteiger partial charge is 0.404 e. The lowest BCUT2D eigenvalue weighted by molar-refractivity contribution is -0.199. The number of carbonyl (C=O) groups excluding carboxylic acids is 5. The van der Waals surface area contributed by atoms with Crippen LogP contribution in [0.1, 0.15) is 148 Å². The lowest BCUT2D eigenvalue weighted by Gasteiger charge is -2.64. The second-order valence-corrected chi connectivity index (χ2v) is 18.2. The number of unbranched alkanes of at least 4 members (excludes halogenated alkanes) is 5. The van der Waals surface area contributed by atoms with Gasteiger partial charge < -0.3 is 46.7 Å². The van der Waals surface area contributed by atoms with Crippen molar-refractivity contribution in [2.24, 2.45) is 23.0 Å².